The van der Waals surface area contributed by atoms with Crippen LogP contribution in [-0.2, 0) is 26.1 Å². The van der Waals surface area contributed by atoms with Crippen molar-refractivity contribution in [3.63, 3.8) is 0 Å². The third-order valence-electron chi connectivity index (χ3n) is 9.01. The van der Waals surface area contributed by atoms with E-state index in [4.69, 9.17) is 25.8 Å². The van der Waals surface area contributed by atoms with Crippen molar-refractivity contribution in [2.45, 2.75) is 56.5 Å². The quantitative estimate of drug-likeness (QED) is 0.502. The zero-order chi connectivity index (χ0) is 25.6. The third kappa shape index (κ3) is 4.63. The second-order valence-electron chi connectivity index (χ2n) is 11.2. The smallest absolute Gasteiger partial charge is 0.337 e. The molecule has 2 aromatic rings. The number of ketones is 1. The Morgan fingerprint density at radius 1 is 1.19 bits per heavy atom. The minimum absolute atomic E-state index is 0.0237. The normalized spacial score (nSPS) is 29.0. The minimum atomic E-state index is -0.352. The molecule has 0 radical (unpaired) electrons. The number of fused-ring (bicyclic) bond motifs is 3. The van der Waals surface area contributed by atoms with E-state index < -0.39 is 0 Å². The molecule has 2 fully saturated rings. The van der Waals surface area contributed by atoms with E-state index in [0.29, 0.717) is 49.2 Å². The van der Waals surface area contributed by atoms with Gasteiger partial charge in [-0.3, -0.25) is 4.79 Å². The Hall–Kier alpha value is -2.57. The SMILES string of the molecule is COC(=O)c1ccc2c(c1)N(CC1CCC1[C@@H]1CC(=O)CCO1)CC1(CCCc3cc(Cl)ccc31)CO2. The lowest BCUT2D eigenvalue weighted by Crippen LogP contribution is -2.50. The van der Waals surface area contributed by atoms with Crippen molar-refractivity contribution < 1.29 is 23.8 Å². The molecule has 4 aliphatic rings. The predicted molar refractivity (Wildman–Crippen MR) is 142 cm³/mol. The van der Waals surface area contributed by atoms with Crippen LogP contribution in [0.3, 0.4) is 0 Å². The monoisotopic (exact) mass is 523 g/mol. The van der Waals surface area contributed by atoms with Gasteiger partial charge in [0.15, 0.2) is 0 Å². The van der Waals surface area contributed by atoms with Crippen LogP contribution in [0.5, 0.6) is 5.75 Å². The standard InChI is InChI=1S/C30H34ClNO5/c1-35-29(34)20-5-9-27-26(14-20)32(16-21-4-7-24(21)28-15-23(33)10-12-36-28)17-30(18-37-27)11-2-3-19-13-22(31)6-8-25(19)30/h5-6,8-9,13-14,21,24,28H,2-4,7,10-12,15-18H2,1H3/t21?,24?,28-,30?/m0/s1. The van der Waals surface area contributed by atoms with Gasteiger partial charge in [-0.25, -0.2) is 4.79 Å². The number of carbonyl (C=O) groups excluding carboxylic acids is 2. The Morgan fingerprint density at radius 2 is 2.08 bits per heavy atom. The summed E-state index contributed by atoms with van der Waals surface area (Å²) < 4.78 is 17.6. The van der Waals surface area contributed by atoms with E-state index >= 15 is 0 Å². The number of Topliss-reactive ketones (excluding diaryl/α,β-unsaturated/α-hetero) is 1. The molecule has 4 atom stereocenters. The number of aryl methyl sites for hydroxylation is 1. The molecule has 1 saturated heterocycles. The molecular weight excluding hydrogens is 490 g/mol. The van der Waals surface area contributed by atoms with E-state index in [0.717, 1.165) is 61.7 Å². The van der Waals surface area contributed by atoms with Gasteiger partial charge in [0, 0.05) is 36.4 Å². The maximum atomic E-state index is 12.4. The van der Waals surface area contributed by atoms with Gasteiger partial charge in [0.25, 0.3) is 0 Å². The molecule has 196 valence electrons. The summed E-state index contributed by atoms with van der Waals surface area (Å²) in [6, 6.07) is 11.9. The highest BCUT2D eigenvalue weighted by Gasteiger charge is 2.45. The van der Waals surface area contributed by atoms with Crippen LogP contribution in [0.25, 0.3) is 0 Å². The topological polar surface area (TPSA) is 65.1 Å². The molecule has 6 rings (SSSR count). The van der Waals surface area contributed by atoms with Crippen LogP contribution < -0.4 is 9.64 Å². The van der Waals surface area contributed by atoms with Crippen LogP contribution in [0.15, 0.2) is 36.4 Å². The number of benzene rings is 2. The first-order valence-corrected chi connectivity index (χ1v) is 13.9. The fourth-order valence-corrected chi connectivity index (χ4v) is 7.13. The van der Waals surface area contributed by atoms with Gasteiger partial charge in [-0.15, -0.1) is 0 Å². The van der Waals surface area contributed by atoms with Crippen molar-refractivity contribution in [3.8, 4) is 5.75 Å². The van der Waals surface area contributed by atoms with Gasteiger partial charge in [0.05, 0.1) is 37.7 Å². The molecule has 1 saturated carbocycles. The van der Waals surface area contributed by atoms with E-state index in [1.165, 1.54) is 18.2 Å². The Balaban J connectivity index is 1.35. The largest absolute Gasteiger partial charge is 0.490 e. The highest BCUT2D eigenvalue weighted by molar-refractivity contribution is 6.30. The number of hydrogen-bond acceptors (Lipinski definition) is 6. The van der Waals surface area contributed by atoms with Gasteiger partial charge in [-0.2, -0.15) is 0 Å². The number of ether oxygens (including phenoxy) is 3. The first kappa shape index (κ1) is 24.7. The molecule has 7 heteroatoms. The summed E-state index contributed by atoms with van der Waals surface area (Å²) in [5.74, 6) is 1.57. The summed E-state index contributed by atoms with van der Waals surface area (Å²) >= 11 is 6.37. The van der Waals surface area contributed by atoms with Gasteiger partial charge < -0.3 is 19.1 Å². The van der Waals surface area contributed by atoms with Crippen LogP contribution >= 0.6 is 11.6 Å². The lowest BCUT2D eigenvalue weighted by molar-refractivity contribution is -0.135. The van der Waals surface area contributed by atoms with E-state index in [2.05, 4.69) is 17.0 Å². The summed E-state index contributed by atoms with van der Waals surface area (Å²) in [6.07, 6.45) is 6.43. The molecule has 6 nitrogen and oxygen atoms in total. The second kappa shape index (κ2) is 9.95. The number of rotatable bonds is 4. The minimum Gasteiger partial charge on any atom is -0.490 e. The fraction of sp³-hybridized carbons (Fsp3) is 0.533. The van der Waals surface area contributed by atoms with Crippen molar-refractivity contribution >= 4 is 29.0 Å². The van der Waals surface area contributed by atoms with Crippen LogP contribution in [0.4, 0.5) is 5.69 Å². The Labute approximate surface area is 223 Å². The number of hydrogen-bond donors (Lipinski definition) is 0. The molecule has 0 bridgehead atoms. The van der Waals surface area contributed by atoms with Crippen molar-refractivity contribution in [2.24, 2.45) is 11.8 Å². The Bertz CT molecular complexity index is 1210. The molecule has 2 heterocycles. The van der Waals surface area contributed by atoms with Crippen LogP contribution in [0.2, 0.25) is 5.02 Å². The first-order chi connectivity index (χ1) is 18.0. The highest BCUT2D eigenvalue weighted by atomic mass is 35.5. The maximum absolute atomic E-state index is 12.4. The predicted octanol–water partition coefficient (Wildman–Crippen LogP) is 5.37. The second-order valence-corrected chi connectivity index (χ2v) is 11.6. The van der Waals surface area contributed by atoms with Gasteiger partial charge in [-0.05, 0) is 85.4 Å². The molecule has 37 heavy (non-hydrogen) atoms. The van der Waals surface area contributed by atoms with Gasteiger partial charge >= 0.3 is 5.97 Å². The maximum Gasteiger partial charge on any atom is 0.337 e. The molecular formula is C30H34ClNO5. The van der Waals surface area contributed by atoms with Crippen molar-refractivity contribution in [3.05, 3.63) is 58.1 Å². The number of nitrogens with zero attached hydrogens (tertiary/aromatic N) is 1. The summed E-state index contributed by atoms with van der Waals surface area (Å²) in [5.41, 5.74) is 3.92. The average Bonchev–Trinajstić information content (AvgIpc) is 3.03. The summed E-state index contributed by atoms with van der Waals surface area (Å²) in [6.45, 7) is 2.76. The van der Waals surface area contributed by atoms with E-state index in [9.17, 15) is 9.59 Å². The molecule has 0 N–H and O–H groups in total. The summed E-state index contributed by atoms with van der Waals surface area (Å²) in [7, 11) is 1.41. The number of carbonyl (C=O) groups is 2. The molecule has 2 aromatic carbocycles. The molecule has 1 spiro atoms. The van der Waals surface area contributed by atoms with Gasteiger partial charge in [0.2, 0.25) is 0 Å². The number of methoxy groups -OCH3 is 1. The lowest BCUT2D eigenvalue weighted by atomic mass is 9.67. The van der Waals surface area contributed by atoms with Crippen molar-refractivity contribution in [1.29, 1.82) is 0 Å². The Kier molecular flexibility index (Phi) is 6.66. The zero-order valence-corrected chi connectivity index (χ0v) is 22.1. The fourth-order valence-electron chi connectivity index (χ4n) is 6.94. The number of esters is 1. The van der Waals surface area contributed by atoms with Crippen molar-refractivity contribution in [1.82, 2.24) is 0 Å². The average molecular weight is 524 g/mol. The summed E-state index contributed by atoms with van der Waals surface area (Å²) in [4.78, 5) is 27.0. The molecule has 2 aliphatic carbocycles. The van der Waals surface area contributed by atoms with Gasteiger partial charge in [0.1, 0.15) is 11.5 Å². The van der Waals surface area contributed by atoms with Crippen molar-refractivity contribution in [2.75, 3.05) is 38.3 Å². The molecule has 0 amide bonds. The van der Waals surface area contributed by atoms with E-state index in [-0.39, 0.29) is 17.5 Å². The number of halogens is 1. The molecule has 0 aromatic heterocycles. The zero-order valence-electron chi connectivity index (χ0n) is 21.3. The van der Waals surface area contributed by atoms with Gasteiger partial charge in [-0.1, -0.05) is 17.7 Å². The van der Waals surface area contributed by atoms with E-state index in [1.807, 2.05) is 18.2 Å². The van der Waals surface area contributed by atoms with Crippen LogP contribution in [0.1, 0.15) is 60.0 Å². The molecule has 2 aliphatic heterocycles. The third-order valence-corrected chi connectivity index (χ3v) is 9.24. The number of anilines is 1. The summed E-state index contributed by atoms with van der Waals surface area (Å²) in [5, 5.41) is 0.771. The van der Waals surface area contributed by atoms with Crippen LogP contribution in [-0.4, -0.2) is 51.3 Å². The molecule has 3 unspecified atom stereocenters. The van der Waals surface area contributed by atoms with Crippen LogP contribution in [0, 0.1) is 11.8 Å². The first-order valence-electron chi connectivity index (χ1n) is 13.5. The highest BCUT2D eigenvalue weighted by Crippen LogP contribution is 2.47. The lowest BCUT2D eigenvalue weighted by Gasteiger charge is -2.47. The van der Waals surface area contributed by atoms with E-state index in [1.54, 1.807) is 6.07 Å². The Morgan fingerprint density at radius 3 is 2.86 bits per heavy atom.